The van der Waals surface area contributed by atoms with Crippen LogP contribution in [0.5, 0.6) is 0 Å². The molecule has 0 fully saturated rings. The number of nitrogens with two attached hydrogens (primary N) is 1. The van der Waals surface area contributed by atoms with Gasteiger partial charge in [-0.25, -0.2) is 0 Å². The summed E-state index contributed by atoms with van der Waals surface area (Å²) in [5.41, 5.74) is 5.97. The van der Waals surface area contributed by atoms with Crippen LogP contribution in [0.3, 0.4) is 0 Å². The molecule has 0 aromatic carbocycles. The highest BCUT2D eigenvalue weighted by Crippen LogP contribution is 2.10. The second-order valence-corrected chi connectivity index (χ2v) is 5.09. The van der Waals surface area contributed by atoms with Gasteiger partial charge in [0.2, 0.25) is 0 Å². The van der Waals surface area contributed by atoms with Gasteiger partial charge in [0, 0.05) is 13.2 Å². The molecular weight excluding hydrogens is 226 g/mol. The number of unbranched alkanes of at least 4 members (excludes halogenated alkanes) is 7. The molecule has 3 heteroatoms. The van der Waals surface area contributed by atoms with Crippen LogP contribution in [0.2, 0.25) is 0 Å². The van der Waals surface area contributed by atoms with Crippen LogP contribution in [0.15, 0.2) is 0 Å². The van der Waals surface area contributed by atoms with Crippen LogP contribution in [0.4, 0.5) is 0 Å². The van der Waals surface area contributed by atoms with Gasteiger partial charge in [-0.3, -0.25) is 0 Å². The molecule has 0 amide bonds. The van der Waals surface area contributed by atoms with Gasteiger partial charge in [-0.1, -0.05) is 58.3 Å². The quantitative estimate of drug-likeness (QED) is 0.486. The second-order valence-electron chi connectivity index (χ2n) is 5.09. The zero-order chi connectivity index (χ0) is 13.5. The fraction of sp³-hybridized carbons (Fsp3) is 1.00. The molecule has 2 N–H and O–H groups in total. The van der Waals surface area contributed by atoms with Crippen molar-refractivity contribution >= 4 is 0 Å². The van der Waals surface area contributed by atoms with Gasteiger partial charge in [-0.15, -0.1) is 0 Å². The molecule has 0 aliphatic rings. The Morgan fingerprint density at radius 1 is 0.889 bits per heavy atom. The first-order valence-electron chi connectivity index (χ1n) is 7.63. The smallest absolute Gasteiger partial charge is 0.0701 e. The van der Waals surface area contributed by atoms with E-state index in [0.717, 1.165) is 6.42 Å². The molecule has 0 saturated heterocycles. The molecular formula is C15H33NO2. The van der Waals surface area contributed by atoms with Crippen molar-refractivity contribution in [2.45, 2.75) is 70.8 Å². The van der Waals surface area contributed by atoms with E-state index in [1.165, 1.54) is 51.4 Å². The number of rotatable bonds is 14. The first-order chi connectivity index (χ1) is 8.81. The van der Waals surface area contributed by atoms with Crippen molar-refractivity contribution in [3.8, 4) is 0 Å². The standard InChI is InChI=1S/C15H33NO2/c1-3-4-5-6-7-8-9-10-11-15(16)14-18-13-12-17-2/h15H,3-14,16H2,1-2H3. The molecule has 110 valence electrons. The fourth-order valence-corrected chi connectivity index (χ4v) is 2.00. The zero-order valence-corrected chi connectivity index (χ0v) is 12.5. The summed E-state index contributed by atoms with van der Waals surface area (Å²) in [7, 11) is 1.68. The Hall–Kier alpha value is -0.120. The zero-order valence-electron chi connectivity index (χ0n) is 12.5. The SMILES string of the molecule is CCCCCCCCCCC(N)COCCOC. The maximum atomic E-state index is 5.97. The van der Waals surface area contributed by atoms with Crippen molar-refractivity contribution in [3.63, 3.8) is 0 Å². The van der Waals surface area contributed by atoms with Crippen molar-refractivity contribution < 1.29 is 9.47 Å². The van der Waals surface area contributed by atoms with Crippen molar-refractivity contribution in [2.24, 2.45) is 5.73 Å². The van der Waals surface area contributed by atoms with Crippen LogP contribution in [0.1, 0.15) is 64.7 Å². The van der Waals surface area contributed by atoms with E-state index in [4.69, 9.17) is 15.2 Å². The maximum Gasteiger partial charge on any atom is 0.0701 e. The topological polar surface area (TPSA) is 44.5 Å². The van der Waals surface area contributed by atoms with Gasteiger partial charge in [0.15, 0.2) is 0 Å². The Morgan fingerprint density at radius 2 is 1.50 bits per heavy atom. The monoisotopic (exact) mass is 259 g/mol. The van der Waals surface area contributed by atoms with Gasteiger partial charge in [-0.05, 0) is 6.42 Å². The van der Waals surface area contributed by atoms with E-state index in [1.807, 2.05) is 0 Å². The molecule has 0 spiro atoms. The molecule has 0 radical (unpaired) electrons. The van der Waals surface area contributed by atoms with Crippen molar-refractivity contribution in [2.75, 3.05) is 26.9 Å². The summed E-state index contributed by atoms with van der Waals surface area (Å²) < 4.78 is 10.3. The first-order valence-corrected chi connectivity index (χ1v) is 7.63. The Balaban J connectivity index is 3.08. The lowest BCUT2D eigenvalue weighted by molar-refractivity contribution is 0.0623. The largest absolute Gasteiger partial charge is 0.382 e. The van der Waals surface area contributed by atoms with Crippen LogP contribution < -0.4 is 5.73 Å². The van der Waals surface area contributed by atoms with Crippen molar-refractivity contribution in [1.29, 1.82) is 0 Å². The lowest BCUT2D eigenvalue weighted by Gasteiger charge is -2.11. The summed E-state index contributed by atoms with van der Waals surface area (Å²) in [6, 6.07) is 0.196. The van der Waals surface area contributed by atoms with E-state index in [0.29, 0.717) is 19.8 Å². The van der Waals surface area contributed by atoms with E-state index in [-0.39, 0.29) is 6.04 Å². The number of methoxy groups -OCH3 is 1. The molecule has 1 atom stereocenters. The summed E-state index contributed by atoms with van der Waals surface area (Å²) in [6.45, 7) is 4.24. The molecule has 0 aromatic rings. The van der Waals surface area contributed by atoms with Crippen LogP contribution >= 0.6 is 0 Å². The predicted octanol–water partition coefficient (Wildman–Crippen LogP) is 3.51. The molecule has 0 saturated carbocycles. The normalized spacial score (nSPS) is 12.8. The van der Waals surface area contributed by atoms with Crippen molar-refractivity contribution in [1.82, 2.24) is 0 Å². The lowest BCUT2D eigenvalue weighted by atomic mass is 10.1. The van der Waals surface area contributed by atoms with E-state index < -0.39 is 0 Å². The van der Waals surface area contributed by atoms with Gasteiger partial charge < -0.3 is 15.2 Å². The highest BCUT2D eigenvalue weighted by molar-refractivity contribution is 4.60. The lowest BCUT2D eigenvalue weighted by Crippen LogP contribution is -2.26. The predicted molar refractivity (Wildman–Crippen MR) is 77.9 cm³/mol. The Morgan fingerprint density at radius 3 is 2.11 bits per heavy atom. The minimum atomic E-state index is 0.196. The molecule has 3 nitrogen and oxygen atoms in total. The molecule has 18 heavy (non-hydrogen) atoms. The maximum absolute atomic E-state index is 5.97. The second kappa shape index (κ2) is 14.9. The minimum Gasteiger partial charge on any atom is -0.382 e. The number of ether oxygens (including phenoxy) is 2. The average Bonchev–Trinajstić information content (AvgIpc) is 2.38. The molecule has 0 aliphatic carbocycles. The molecule has 0 aromatic heterocycles. The highest BCUT2D eigenvalue weighted by Gasteiger charge is 2.02. The summed E-state index contributed by atoms with van der Waals surface area (Å²) in [5, 5.41) is 0. The fourth-order valence-electron chi connectivity index (χ4n) is 2.00. The van der Waals surface area contributed by atoms with Gasteiger partial charge >= 0.3 is 0 Å². The summed E-state index contributed by atoms with van der Waals surface area (Å²) in [6.07, 6.45) is 11.9. The Bertz CT molecular complexity index is 153. The van der Waals surface area contributed by atoms with Crippen LogP contribution in [-0.4, -0.2) is 33.0 Å². The van der Waals surface area contributed by atoms with E-state index >= 15 is 0 Å². The third-order valence-corrected chi connectivity index (χ3v) is 3.19. The minimum absolute atomic E-state index is 0.196. The van der Waals surface area contributed by atoms with Gasteiger partial charge in [0.1, 0.15) is 0 Å². The van der Waals surface area contributed by atoms with E-state index in [2.05, 4.69) is 6.92 Å². The van der Waals surface area contributed by atoms with Crippen molar-refractivity contribution in [3.05, 3.63) is 0 Å². The molecule has 1 unspecified atom stereocenters. The Kier molecular flexibility index (Phi) is 14.8. The molecule has 0 bridgehead atoms. The van der Waals surface area contributed by atoms with Crippen LogP contribution in [-0.2, 0) is 9.47 Å². The highest BCUT2D eigenvalue weighted by atomic mass is 16.5. The van der Waals surface area contributed by atoms with E-state index in [1.54, 1.807) is 7.11 Å². The molecule has 0 heterocycles. The van der Waals surface area contributed by atoms with Gasteiger partial charge in [0.05, 0.1) is 19.8 Å². The summed E-state index contributed by atoms with van der Waals surface area (Å²) in [4.78, 5) is 0. The van der Waals surface area contributed by atoms with Crippen LogP contribution in [0.25, 0.3) is 0 Å². The number of hydrogen-bond acceptors (Lipinski definition) is 3. The molecule has 0 rings (SSSR count). The van der Waals surface area contributed by atoms with Crippen LogP contribution in [0, 0.1) is 0 Å². The van der Waals surface area contributed by atoms with Gasteiger partial charge in [0.25, 0.3) is 0 Å². The third kappa shape index (κ3) is 13.9. The Labute approximate surface area is 113 Å². The third-order valence-electron chi connectivity index (χ3n) is 3.19. The number of hydrogen-bond donors (Lipinski definition) is 1. The summed E-state index contributed by atoms with van der Waals surface area (Å²) in [5.74, 6) is 0. The van der Waals surface area contributed by atoms with Gasteiger partial charge in [-0.2, -0.15) is 0 Å². The van der Waals surface area contributed by atoms with E-state index in [9.17, 15) is 0 Å². The molecule has 0 aliphatic heterocycles. The average molecular weight is 259 g/mol. The first kappa shape index (κ1) is 17.9. The summed E-state index contributed by atoms with van der Waals surface area (Å²) >= 11 is 0.